The van der Waals surface area contributed by atoms with Gasteiger partial charge in [-0.3, -0.25) is 4.79 Å². The van der Waals surface area contributed by atoms with Crippen LogP contribution in [-0.4, -0.2) is 25.2 Å². The second-order valence-corrected chi connectivity index (χ2v) is 6.79. The van der Waals surface area contributed by atoms with Crippen molar-refractivity contribution in [3.05, 3.63) is 58.7 Å². The molecule has 7 heteroatoms. The molecule has 0 saturated carbocycles. The van der Waals surface area contributed by atoms with Crippen LogP contribution in [0.1, 0.15) is 25.8 Å². The summed E-state index contributed by atoms with van der Waals surface area (Å²) in [6.45, 7) is 4.02. The molecule has 2 aromatic rings. The van der Waals surface area contributed by atoms with Crippen molar-refractivity contribution in [3.8, 4) is 11.5 Å². The molecule has 28 heavy (non-hydrogen) atoms. The van der Waals surface area contributed by atoms with E-state index in [1.165, 1.54) is 0 Å². The van der Waals surface area contributed by atoms with E-state index in [2.05, 4.69) is 5.32 Å². The molecule has 0 radical (unpaired) electrons. The molecule has 146 valence electrons. The summed E-state index contributed by atoms with van der Waals surface area (Å²) in [7, 11) is 1.55. The van der Waals surface area contributed by atoms with Gasteiger partial charge >= 0.3 is 6.03 Å². The number of anilines is 1. The molecule has 0 aromatic heterocycles. The Morgan fingerprint density at radius 3 is 2.64 bits per heavy atom. The van der Waals surface area contributed by atoms with Crippen molar-refractivity contribution in [3.63, 3.8) is 0 Å². The van der Waals surface area contributed by atoms with Crippen molar-refractivity contribution < 1.29 is 19.1 Å². The maximum Gasteiger partial charge on any atom is 0.333 e. The minimum Gasteiger partial charge on any atom is -0.493 e. The fraction of sp³-hybridized carbons (Fsp3) is 0.238. The first-order chi connectivity index (χ1) is 13.4. The highest BCUT2D eigenvalue weighted by molar-refractivity contribution is 6.32. The number of hydrogen-bond acceptors (Lipinski definition) is 4. The maximum atomic E-state index is 12.7. The van der Waals surface area contributed by atoms with Crippen LogP contribution in [-0.2, 0) is 4.79 Å². The zero-order chi connectivity index (χ0) is 20.3. The second kappa shape index (κ2) is 8.35. The minimum atomic E-state index is -0.526. The number of ether oxygens (including phenoxy) is 2. The van der Waals surface area contributed by atoms with Gasteiger partial charge in [-0.15, -0.1) is 0 Å². The molecule has 1 heterocycles. The van der Waals surface area contributed by atoms with Crippen LogP contribution in [0.25, 0.3) is 6.08 Å². The molecule has 3 amide bonds. The third-order valence-corrected chi connectivity index (χ3v) is 4.58. The predicted octanol–water partition coefficient (Wildman–Crippen LogP) is 4.62. The minimum absolute atomic E-state index is 0.0556. The first-order valence-electron chi connectivity index (χ1n) is 8.90. The van der Waals surface area contributed by atoms with E-state index in [4.69, 9.17) is 21.1 Å². The SMILES string of the molecule is CC[C@@H](C)Oc1ccc(/C=C2\NC(=O)N(c3cccc(Cl)c3)C2=O)cc1OC. The molecule has 6 nitrogen and oxygen atoms in total. The van der Waals surface area contributed by atoms with E-state index in [0.717, 1.165) is 11.3 Å². The van der Waals surface area contributed by atoms with Crippen LogP contribution < -0.4 is 19.7 Å². The number of benzene rings is 2. The van der Waals surface area contributed by atoms with Gasteiger partial charge in [-0.1, -0.05) is 30.7 Å². The summed E-state index contributed by atoms with van der Waals surface area (Å²) in [5.74, 6) is 0.727. The van der Waals surface area contributed by atoms with Gasteiger partial charge in [0.05, 0.1) is 18.9 Å². The number of carbonyl (C=O) groups is 2. The molecule has 0 aliphatic carbocycles. The largest absolute Gasteiger partial charge is 0.493 e. The van der Waals surface area contributed by atoms with Crippen molar-refractivity contribution >= 4 is 35.3 Å². The smallest absolute Gasteiger partial charge is 0.333 e. The molecule has 0 spiro atoms. The molecule has 1 fully saturated rings. The highest BCUT2D eigenvalue weighted by atomic mass is 35.5. The lowest BCUT2D eigenvalue weighted by Gasteiger charge is -2.15. The van der Waals surface area contributed by atoms with E-state index >= 15 is 0 Å². The molecule has 1 saturated heterocycles. The van der Waals surface area contributed by atoms with Crippen molar-refractivity contribution in [1.29, 1.82) is 0 Å². The van der Waals surface area contributed by atoms with Gasteiger partial charge in [-0.05, 0) is 55.3 Å². The standard InChI is InChI=1S/C21H21ClN2O4/c1-4-13(2)28-18-9-8-14(11-19(18)27-3)10-17-20(25)24(21(26)23-17)16-7-5-6-15(22)12-16/h5-13H,4H2,1-3H3,(H,23,26)/b17-10-/t13-/m1/s1. The molecule has 1 N–H and O–H groups in total. The first-order valence-corrected chi connectivity index (χ1v) is 9.28. The highest BCUT2D eigenvalue weighted by Crippen LogP contribution is 2.31. The first kappa shape index (κ1) is 19.8. The number of rotatable bonds is 6. The van der Waals surface area contributed by atoms with Gasteiger partial charge in [0.15, 0.2) is 11.5 Å². The summed E-state index contributed by atoms with van der Waals surface area (Å²) in [4.78, 5) is 26.1. The highest BCUT2D eigenvalue weighted by Gasteiger charge is 2.34. The molecule has 1 aliphatic heterocycles. The van der Waals surface area contributed by atoms with E-state index < -0.39 is 11.9 Å². The zero-order valence-electron chi connectivity index (χ0n) is 15.9. The molecule has 1 aliphatic rings. The number of carbonyl (C=O) groups excluding carboxylic acids is 2. The number of methoxy groups -OCH3 is 1. The number of hydrogen-bond donors (Lipinski definition) is 1. The van der Waals surface area contributed by atoms with Crippen molar-refractivity contribution in [2.45, 2.75) is 26.4 Å². The van der Waals surface area contributed by atoms with Crippen LogP contribution in [0.4, 0.5) is 10.5 Å². The molecule has 2 aromatic carbocycles. The van der Waals surface area contributed by atoms with Crippen LogP contribution in [0.3, 0.4) is 0 Å². The number of nitrogens with zero attached hydrogens (tertiary/aromatic N) is 1. The Morgan fingerprint density at radius 1 is 1.18 bits per heavy atom. The maximum absolute atomic E-state index is 12.7. The molecule has 3 rings (SSSR count). The Morgan fingerprint density at radius 2 is 1.96 bits per heavy atom. The van der Waals surface area contributed by atoms with E-state index in [-0.39, 0.29) is 11.8 Å². The van der Waals surface area contributed by atoms with Crippen LogP contribution in [0.5, 0.6) is 11.5 Å². The van der Waals surface area contributed by atoms with Crippen LogP contribution in [0, 0.1) is 0 Å². The number of imide groups is 1. The van der Waals surface area contributed by atoms with Crippen molar-refractivity contribution in [1.82, 2.24) is 5.32 Å². The van der Waals surface area contributed by atoms with Gasteiger partial charge in [0.2, 0.25) is 0 Å². The second-order valence-electron chi connectivity index (χ2n) is 6.36. The van der Waals surface area contributed by atoms with Gasteiger partial charge in [-0.25, -0.2) is 9.69 Å². The van der Waals surface area contributed by atoms with Crippen LogP contribution in [0.2, 0.25) is 5.02 Å². The summed E-state index contributed by atoms with van der Waals surface area (Å²) in [5.41, 5.74) is 1.28. The van der Waals surface area contributed by atoms with Crippen LogP contribution >= 0.6 is 11.6 Å². The Bertz CT molecular complexity index is 942. The van der Waals surface area contributed by atoms with Crippen molar-refractivity contribution in [2.75, 3.05) is 12.0 Å². The van der Waals surface area contributed by atoms with Gasteiger partial charge in [0.1, 0.15) is 5.70 Å². The monoisotopic (exact) mass is 400 g/mol. The molecule has 1 atom stereocenters. The molecule has 0 unspecified atom stereocenters. The third kappa shape index (κ3) is 4.12. The number of urea groups is 1. The fourth-order valence-corrected chi connectivity index (χ4v) is 2.91. The van der Waals surface area contributed by atoms with Crippen molar-refractivity contribution in [2.24, 2.45) is 0 Å². The Balaban J connectivity index is 1.87. The predicted molar refractivity (Wildman–Crippen MR) is 109 cm³/mol. The Hall–Kier alpha value is -2.99. The molecular weight excluding hydrogens is 380 g/mol. The molecular formula is C21H21ClN2O4. The summed E-state index contributed by atoms with van der Waals surface area (Å²) in [6.07, 6.45) is 2.52. The quantitative estimate of drug-likeness (QED) is 0.567. The van der Waals surface area contributed by atoms with E-state index in [1.54, 1.807) is 55.7 Å². The summed E-state index contributed by atoms with van der Waals surface area (Å²) >= 11 is 5.97. The average molecular weight is 401 g/mol. The van der Waals surface area contributed by atoms with Crippen LogP contribution in [0.15, 0.2) is 48.2 Å². The normalized spacial score (nSPS) is 16.3. The van der Waals surface area contributed by atoms with Gasteiger partial charge in [0, 0.05) is 5.02 Å². The molecule has 0 bridgehead atoms. The lowest BCUT2D eigenvalue weighted by molar-refractivity contribution is -0.113. The van der Waals surface area contributed by atoms with E-state index in [1.807, 2.05) is 13.8 Å². The topological polar surface area (TPSA) is 67.9 Å². The van der Waals surface area contributed by atoms with Gasteiger partial charge in [-0.2, -0.15) is 0 Å². The number of halogens is 1. The van der Waals surface area contributed by atoms with E-state index in [0.29, 0.717) is 27.8 Å². The summed E-state index contributed by atoms with van der Waals surface area (Å²) < 4.78 is 11.2. The fourth-order valence-electron chi connectivity index (χ4n) is 2.72. The Kier molecular flexibility index (Phi) is 5.90. The van der Waals surface area contributed by atoms with Gasteiger partial charge in [0.25, 0.3) is 5.91 Å². The van der Waals surface area contributed by atoms with E-state index in [9.17, 15) is 9.59 Å². The summed E-state index contributed by atoms with van der Waals surface area (Å²) in [6, 6.07) is 11.4. The third-order valence-electron chi connectivity index (χ3n) is 4.35. The number of amides is 3. The zero-order valence-corrected chi connectivity index (χ0v) is 16.6. The Labute approximate surface area is 168 Å². The lowest BCUT2D eigenvalue weighted by Crippen LogP contribution is -2.30. The van der Waals surface area contributed by atoms with Gasteiger partial charge < -0.3 is 14.8 Å². The number of nitrogens with one attached hydrogen (secondary N) is 1. The lowest BCUT2D eigenvalue weighted by atomic mass is 10.1. The summed E-state index contributed by atoms with van der Waals surface area (Å²) in [5, 5.41) is 3.04. The average Bonchev–Trinajstić information content (AvgIpc) is 2.95.